The Morgan fingerprint density at radius 1 is 1.37 bits per heavy atom. The molecule has 0 aliphatic carbocycles. The summed E-state index contributed by atoms with van der Waals surface area (Å²) in [6.07, 6.45) is 5.93. The van der Waals surface area contributed by atoms with Crippen molar-refractivity contribution in [2.24, 2.45) is 0 Å². The number of rotatable bonds is 6. The maximum absolute atomic E-state index is 12.9. The van der Waals surface area contributed by atoms with Gasteiger partial charge in [0, 0.05) is 11.7 Å². The largest absolute Gasteiger partial charge is 0.320 e. The number of hydrogen-bond acceptors (Lipinski definition) is 7. The summed E-state index contributed by atoms with van der Waals surface area (Å²) in [6, 6.07) is 5.23. The molecule has 1 aromatic carbocycles. The third kappa shape index (κ3) is 5.09. The molecule has 0 bridgehead atoms. The molecule has 1 N–H and O–H groups in total. The summed E-state index contributed by atoms with van der Waals surface area (Å²) < 4.78 is 36.3. The van der Waals surface area contributed by atoms with Crippen LogP contribution in [-0.4, -0.2) is 53.5 Å². The number of terminal acetylenes is 1. The highest BCUT2D eigenvalue weighted by atomic mass is 32.2. The van der Waals surface area contributed by atoms with Crippen LogP contribution < -0.4 is 5.32 Å². The van der Waals surface area contributed by atoms with Crippen molar-refractivity contribution >= 4 is 32.8 Å². The highest BCUT2D eigenvalue weighted by Gasteiger charge is 2.32. The van der Waals surface area contributed by atoms with E-state index in [0.29, 0.717) is 23.7 Å². The monoisotopic (exact) mass is 408 g/mol. The van der Waals surface area contributed by atoms with Crippen LogP contribution in [0.5, 0.6) is 0 Å². The molecule has 27 heavy (non-hydrogen) atoms. The van der Waals surface area contributed by atoms with Gasteiger partial charge in [-0.2, -0.15) is 0 Å². The number of benzene rings is 1. The molecule has 10 heteroatoms. The first-order valence-electron chi connectivity index (χ1n) is 8.13. The summed E-state index contributed by atoms with van der Waals surface area (Å²) in [7, 11) is -3.03. The third-order valence-electron chi connectivity index (χ3n) is 4.12. The average Bonchev–Trinajstić information content (AvgIpc) is 3.23. The van der Waals surface area contributed by atoms with Crippen LogP contribution in [0.25, 0.3) is 0 Å². The number of nitrogens with zero attached hydrogens (tertiary/aromatic N) is 3. The van der Waals surface area contributed by atoms with E-state index < -0.39 is 21.6 Å². The number of halogens is 1. The molecule has 2 heterocycles. The second kappa shape index (κ2) is 8.12. The topological polar surface area (TPSA) is 92.3 Å². The lowest BCUT2D eigenvalue weighted by atomic mass is 10.2. The zero-order valence-electron chi connectivity index (χ0n) is 14.3. The summed E-state index contributed by atoms with van der Waals surface area (Å²) in [6.45, 7) is 0.614. The number of hydrogen-bond donors (Lipinski definition) is 1. The van der Waals surface area contributed by atoms with Crippen LogP contribution in [0.1, 0.15) is 21.2 Å². The Kier molecular flexibility index (Phi) is 5.84. The molecule has 1 aromatic heterocycles. The van der Waals surface area contributed by atoms with E-state index in [-0.39, 0.29) is 29.1 Å². The number of carbonyl (C=O) groups is 1. The molecule has 1 aliphatic heterocycles. The summed E-state index contributed by atoms with van der Waals surface area (Å²) in [5, 5.41) is 11.2. The first-order chi connectivity index (χ1) is 12.9. The van der Waals surface area contributed by atoms with E-state index in [2.05, 4.69) is 21.4 Å². The fourth-order valence-electron chi connectivity index (χ4n) is 2.80. The SMILES string of the molecule is C#CCN(Cc1nnc(C(=O)Nc2ccc(F)cc2)s1)C1CCS(=O)(=O)C1. The Morgan fingerprint density at radius 2 is 2.11 bits per heavy atom. The Bertz CT molecular complexity index is 967. The summed E-state index contributed by atoms with van der Waals surface area (Å²) in [4.78, 5) is 14.1. The molecular formula is C17H17FN4O3S2. The van der Waals surface area contributed by atoms with Crippen molar-refractivity contribution in [3.8, 4) is 12.3 Å². The fraction of sp³-hybridized carbons (Fsp3) is 0.353. The summed E-state index contributed by atoms with van der Waals surface area (Å²) >= 11 is 1.11. The van der Waals surface area contributed by atoms with Crippen molar-refractivity contribution in [1.29, 1.82) is 0 Å². The molecule has 0 spiro atoms. The Balaban J connectivity index is 1.66. The van der Waals surface area contributed by atoms with Gasteiger partial charge >= 0.3 is 0 Å². The quantitative estimate of drug-likeness (QED) is 0.729. The lowest BCUT2D eigenvalue weighted by Crippen LogP contribution is -2.36. The summed E-state index contributed by atoms with van der Waals surface area (Å²) in [5.41, 5.74) is 0.447. The molecule has 0 radical (unpaired) electrons. The van der Waals surface area contributed by atoms with Crippen LogP contribution in [0, 0.1) is 18.2 Å². The molecule has 1 amide bonds. The zero-order chi connectivity index (χ0) is 19.4. The smallest absolute Gasteiger partial charge is 0.286 e. The fourth-order valence-corrected chi connectivity index (χ4v) is 5.32. The van der Waals surface area contributed by atoms with Gasteiger partial charge in [0.05, 0.1) is 24.6 Å². The highest BCUT2D eigenvalue weighted by Crippen LogP contribution is 2.21. The van der Waals surface area contributed by atoms with Crippen molar-refractivity contribution < 1.29 is 17.6 Å². The van der Waals surface area contributed by atoms with Crippen LogP contribution in [0.2, 0.25) is 0 Å². The predicted molar refractivity (Wildman–Crippen MR) is 101 cm³/mol. The van der Waals surface area contributed by atoms with Crippen LogP contribution >= 0.6 is 11.3 Å². The molecular weight excluding hydrogens is 391 g/mol. The lowest BCUT2D eigenvalue weighted by Gasteiger charge is -2.24. The van der Waals surface area contributed by atoms with Gasteiger partial charge in [-0.25, -0.2) is 12.8 Å². The van der Waals surface area contributed by atoms with Gasteiger partial charge in [-0.15, -0.1) is 16.6 Å². The van der Waals surface area contributed by atoms with Gasteiger partial charge < -0.3 is 5.32 Å². The van der Waals surface area contributed by atoms with Gasteiger partial charge in [-0.3, -0.25) is 9.69 Å². The third-order valence-corrected chi connectivity index (χ3v) is 6.78. The number of carbonyl (C=O) groups excluding carboxylic acids is 1. The Hall–Kier alpha value is -2.35. The molecule has 1 unspecified atom stereocenters. The second-order valence-corrected chi connectivity index (χ2v) is 9.42. The maximum atomic E-state index is 12.9. The predicted octanol–water partition coefficient (Wildman–Crippen LogP) is 1.55. The number of amides is 1. The van der Waals surface area contributed by atoms with Gasteiger partial charge in [-0.05, 0) is 30.7 Å². The number of anilines is 1. The van der Waals surface area contributed by atoms with Gasteiger partial charge in [0.25, 0.3) is 5.91 Å². The van der Waals surface area contributed by atoms with E-state index in [1.54, 1.807) is 0 Å². The van der Waals surface area contributed by atoms with E-state index in [9.17, 15) is 17.6 Å². The minimum absolute atomic E-state index is 0.0748. The number of sulfone groups is 1. The first kappa shape index (κ1) is 19.4. The molecule has 2 aromatic rings. The number of nitrogens with one attached hydrogen (secondary N) is 1. The summed E-state index contributed by atoms with van der Waals surface area (Å²) in [5.74, 6) is 1.92. The molecule has 3 rings (SSSR count). The van der Waals surface area contributed by atoms with Gasteiger partial charge in [0.2, 0.25) is 5.01 Å². The van der Waals surface area contributed by atoms with Crippen LogP contribution in [0.3, 0.4) is 0 Å². The average molecular weight is 408 g/mol. The van der Waals surface area contributed by atoms with Crippen molar-refractivity contribution in [3.05, 3.63) is 40.1 Å². The first-order valence-corrected chi connectivity index (χ1v) is 10.8. The standard InChI is InChI=1S/C17H17FN4O3S2/c1-2-8-22(14-7-9-27(24,25)11-14)10-15-20-21-17(26-15)16(23)19-13-5-3-12(18)4-6-13/h1,3-6,14H,7-11H2,(H,19,23). The minimum Gasteiger partial charge on any atom is -0.320 e. The van der Waals surface area contributed by atoms with E-state index in [4.69, 9.17) is 6.42 Å². The van der Waals surface area contributed by atoms with E-state index in [0.717, 1.165) is 11.3 Å². The van der Waals surface area contributed by atoms with Crippen molar-refractivity contribution in [2.45, 2.75) is 19.0 Å². The van der Waals surface area contributed by atoms with Crippen molar-refractivity contribution in [2.75, 3.05) is 23.4 Å². The van der Waals surface area contributed by atoms with E-state index >= 15 is 0 Å². The van der Waals surface area contributed by atoms with Gasteiger partial charge in [-0.1, -0.05) is 17.3 Å². The normalized spacial score (nSPS) is 18.3. The van der Waals surface area contributed by atoms with Crippen LogP contribution in [0.15, 0.2) is 24.3 Å². The van der Waals surface area contributed by atoms with E-state index in [1.165, 1.54) is 24.3 Å². The molecule has 1 atom stereocenters. The molecule has 7 nitrogen and oxygen atoms in total. The second-order valence-electron chi connectivity index (χ2n) is 6.13. The molecule has 1 aliphatic rings. The molecule has 0 saturated carbocycles. The zero-order valence-corrected chi connectivity index (χ0v) is 15.9. The van der Waals surface area contributed by atoms with Crippen molar-refractivity contribution in [3.63, 3.8) is 0 Å². The maximum Gasteiger partial charge on any atom is 0.286 e. The van der Waals surface area contributed by atoms with Gasteiger partial charge in [0.1, 0.15) is 10.8 Å². The Labute approximate surface area is 160 Å². The van der Waals surface area contributed by atoms with Gasteiger partial charge in [0.15, 0.2) is 9.84 Å². The molecule has 1 fully saturated rings. The lowest BCUT2D eigenvalue weighted by molar-refractivity contribution is 0.102. The van der Waals surface area contributed by atoms with Crippen molar-refractivity contribution in [1.82, 2.24) is 15.1 Å². The van der Waals surface area contributed by atoms with E-state index in [1.807, 2.05) is 4.90 Å². The van der Waals surface area contributed by atoms with Crippen LogP contribution in [0.4, 0.5) is 10.1 Å². The molecule has 142 valence electrons. The molecule has 1 saturated heterocycles. The number of aromatic nitrogens is 2. The Morgan fingerprint density at radius 3 is 2.74 bits per heavy atom. The van der Waals surface area contributed by atoms with Crippen LogP contribution in [-0.2, 0) is 16.4 Å². The highest BCUT2D eigenvalue weighted by molar-refractivity contribution is 7.91. The minimum atomic E-state index is -3.03.